The van der Waals surface area contributed by atoms with Crippen molar-refractivity contribution in [3.63, 3.8) is 0 Å². The number of aromatic nitrogens is 3. The van der Waals surface area contributed by atoms with Gasteiger partial charge in [-0.1, -0.05) is 53.7 Å². The molecule has 0 saturated carbocycles. The molecule has 0 aliphatic carbocycles. The van der Waals surface area contributed by atoms with Gasteiger partial charge in [-0.15, -0.1) is 5.10 Å². The Hall–Kier alpha value is -3.03. The average molecular weight is 406 g/mol. The van der Waals surface area contributed by atoms with Crippen LogP contribution in [-0.4, -0.2) is 65.2 Å². The van der Waals surface area contributed by atoms with Crippen LogP contribution in [0.15, 0.2) is 60.7 Å². The number of ether oxygens (including phenoxy) is 1. The van der Waals surface area contributed by atoms with Gasteiger partial charge in [-0.3, -0.25) is 9.69 Å². The maximum atomic E-state index is 12.6. The van der Waals surface area contributed by atoms with Crippen molar-refractivity contribution in [1.29, 1.82) is 0 Å². The number of morpholine rings is 1. The first kappa shape index (κ1) is 20.3. The topological polar surface area (TPSA) is 72.3 Å². The summed E-state index contributed by atoms with van der Waals surface area (Å²) in [6, 6.07) is 19.8. The molecule has 1 aromatic heterocycles. The maximum Gasteiger partial charge on any atom is 0.226 e. The molecule has 1 saturated heterocycles. The summed E-state index contributed by atoms with van der Waals surface area (Å²) in [4.78, 5) is 14.9. The summed E-state index contributed by atoms with van der Waals surface area (Å²) in [6.45, 7) is 5.16. The van der Waals surface area contributed by atoms with Crippen molar-refractivity contribution in [3.05, 3.63) is 66.4 Å². The number of para-hydroxylation sites is 1. The number of nitrogens with one attached hydrogen (secondary N) is 1. The fraction of sp³-hybridized carbons (Fsp3) is 0.348. The van der Waals surface area contributed by atoms with Gasteiger partial charge in [0, 0.05) is 25.2 Å². The number of hydrogen-bond acceptors (Lipinski definition) is 5. The van der Waals surface area contributed by atoms with Crippen molar-refractivity contribution in [2.24, 2.45) is 0 Å². The van der Waals surface area contributed by atoms with Crippen LogP contribution in [0.25, 0.3) is 16.9 Å². The van der Waals surface area contributed by atoms with E-state index in [1.165, 1.54) is 0 Å². The van der Waals surface area contributed by atoms with E-state index in [1.807, 2.05) is 60.7 Å². The van der Waals surface area contributed by atoms with Crippen LogP contribution in [0.2, 0.25) is 0 Å². The molecular weight excluding hydrogens is 378 g/mol. The third-order valence-electron chi connectivity index (χ3n) is 5.19. The molecule has 1 amide bonds. The molecule has 2 aromatic carbocycles. The van der Waals surface area contributed by atoms with Crippen LogP contribution in [0, 0.1) is 0 Å². The predicted octanol–water partition coefficient (Wildman–Crippen LogP) is 2.32. The van der Waals surface area contributed by atoms with Crippen LogP contribution in [0.4, 0.5) is 0 Å². The zero-order chi connectivity index (χ0) is 20.6. The van der Waals surface area contributed by atoms with Crippen molar-refractivity contribution >= 4 is 5.91 Å². The van der Waals surface area contributed by atoms with Crippen molar-refractivity contribution in [2.45, 2.75) is 12.8 Å². The second-order valence-electron chi connectivity index (χ2n) is 7.33. The smallest absolute Gasteiger partial charge is 0.226 e. The summed E-state index contributed by atoms with van der Waals surface area (Å²) in [5.41, 5.74) is 3.43. The van der Waals surface area contributed by atoms with Crippen LogP contribution in [-0.2, 0) is 16.0 Å². The third kappa shape index (κ3) is 5.11. The molecular formula is C23H27N5O2. The highest BCUT2D eigenvalue weighted by Gasteiger charge is 2.18. The molecule has 4 rings (SSSR count). The van der Waals surface area contributed by atoms with Crippen LogP contribution >= 0.6 is 0 Å². The van der Waals surface area contributed by atoms with Crippen LogP contribution in [0.1, 0.15) is 12.1 Å². The van der Waals surface area contributed by atoms with Gasteiger partial charge in [0.15, 0.2) is 0 Å². The number of hydrogen-bond donors (Lipinski definition) is 1. The van der Waals surface area contributed by atoms with E-state index >= 15 is 0 Å². The lowest BCUT2D eigenvalue weighted by molar-refractivity contribution is -0.120. The van der Waals surface area contributed by atoms with Crippen LogP contribution in [0.3, 0.4) is 0 Å². The van der Waals surface area contributed by atoms with E-state index in [-0.39, 0.29) is 12.3 Å². The van der Waals surface area contributed by atoms with Gasteiger partial charge in [-0.25, -0.2) is 4.68 Å². The van der Waals surface area contributed by atoms with E-state index in [9.17, 15) is 4.79 Å². The Labute approximate surface area is 176 Å². The fourth-order valence-corrected chi connectivity index (χ4v) is 3.64. The minimum Gasteiger partial charge on any atom is -0.379 e. The first-order valence-corrected chi connectivity index (χ1v) is 10.4. The number of amides is 1. The van der Waals surface area contributed by atoms with E-state index in [1.54, 1.807) is 4.68 Å². The van der Waals surface area contributed by atoms with Crippen molar-refractivity contribution in [3.8, 4) is 16.9 Å². The molecule has 1 N–H and O–H groups in total. The Balaban J connectivity index is 1.42. The van der Waals surface area contributed by atoms with Crippen molar-refractivity contribution in [2.75, 3.05) is 39.4 Å². The summed E-state index contributed by atoms with van der Waals surface area (Å²) in [5, 5.41) is 11.7. The molecule has 1 fully saturated rings. The summed E-state index contributed by atoms with van der Waals surface area (Å²) < 4.78 is 7.17. The molecule has 156 valence electrons. The van der Waals surface area contributed by atoms with Gasteiger partial charge in [0.05, 0.1) is 31.0 Å². The highest BCUT2D eigenvalue weighted by atomic mass is 16.5. The lowest BCUT2D eigenvalue weighted by atomic mass is 10.1. The SMILES string of the molecule is O=C(Cc1nnn(-c2ccccc2)c1-c1ccccc1)NCCCN1CCOCC1. The van der Waals surface area contributed by atoms with Gasteiger partial charge < -0.3 is 10.1 Å². The second kappa shape index (κ2) is 10.1. The van der Waals surface area contributed by atoms with E-state index in [2.05, 4.69) is 20.5 Å². The normalized spacial score (nSPS) is 14.5. The molecule has 0 atom stereocenters. The molecule has 7 nitrogen and oxygen atoms in total. The molecule has 7 heteroatoms. The highest BCUT2D eigenvalue weighted by Crippen LogP contribution is 2.25. The molecule has 1 aliphatic heterocycles. The number of carbonyl (C=O) groups excluding carboxylic acids is 1. The van der Waals surface area contributed by atoms with Gasteiger partial charge in [-0.2, -0.15) is 0 Å². The molecule has 3 aromatic rings. The van der Waals surface area contributed by atoms with E-state index in [0.29, 0.717) is 12.2 Å². The predicted molar refractivity (Wildman–Crippen MR) is 115 cm³/mol. The first-order chi connectivity index (χ1) is 14.8. The number of nitrogens with zero attached hydrogens (tertiary/aromatic N) is 4. The van der Waals surface area contributed by atoms with Gasteiger partial charge in [0.2, 0.25) is 5.91 Å². The molecule has 0 spiro atoms. The zero-order valence-electron chi connectivity index (χ0n) is 17.0. The molecule has 0 radical (unpaired) electrons. The molecule has 1 aliphatic rings. The summed E-state index contributed by atoms with van der Waals surface area (Å²) in [7, 11) is 0. The van der Waals surface area contributed by atoms with E-state index in [0.717, 1.165) is 56.2 Å². The Kier molecular flexibility index (Phi) is 6.84. The van der Waals surface area contributed by atoms with Gasteiger partial charge >= 0.3 is 0 Å². The Morgan fingerprint density at radius 3 is 2.43 bits per heavy atom. The monoisotopic (exact) mass is 405 g/mol. The zero-order valence-corrected chi connectivity index (χ0v) is 17.0. The minimum absolute atomic E-state index is 0.0331. The van der Waals surface area contributed by atoms with Crippen molar-refractivity contribution in [1.82, 2.24) is 25.2 Å². The third-order valence-corrected chi connectivity index (χ3v) is 5.19. The average Bonchev–Trinajstić information content (AvgIpc) is 3.22. The van der Waals surface area contributed by atoms with Gasteiger partial charge in [0.25, 0.3) is 0 Å². The fourth-order valence-electron chi connectivity index (χ4n) is 3.64. The number of benzene rings is 2. The van der Waals surface area contributed by atoms with Gasteiger partial charge in [0.1, 0.15) is 5.69 Å². The number of carbonyl (C=O) groups is 1. The summed E-state index contributed by atoms with van der Waals surface area (Å²) >= 11 is 0. The minimum atomic E-state index is -0.0331. The van der Waals surface area contributed by atoms with E-state index < -0.39 is 0 Å². The van der Waals surface area contributed by atoms with Crippen LogP contribution in [0.5, 0.6) is 0 Å². The lowest BCUT2D eigenvalue weighted by Gasteiger charge is -2.26. The Morgan fingerprint density at radius 2 is 1.70 bits per heavy atom. The molecule has 0 unspecified atom stereocenters. The van der Waals surface area contributed by atoms with Crippen molar-refractivity contribution < 1.29 is 9.53 Å². The highest BCUT2D eigenvalue weighted by molar-refractivity contribution is 5.80. The quantitative estimate of drug-likeness (QED) is 0.583. The Bertz CT molecular complexity index is 937. The summed E-state index contributed by atoms with van der Waals surface area (Å²) in [5.74, 6) is -0.0331. The first-order valence-electron chi connectivity index (χ1n) is 10.4. The largest absolute Gasteiger partial charge is 0.379 e. The molecule has 2 heterocycles. The van der Waals surface area contributed by atoms with E-state index in [4.69, 9.17) is 4.74 Å². The Morgan fingerprint density at radius 1 is 1.00 bits per heavy atom. The van der Waals surface area contributed by atoms with Gasteiger partial charge in [-0.05, 0) is 25.1 Å². The second-order valence-corrected chi connectivity index (χ2v) is 7.33. The summed E-state index contributed by atoms with van der Waals surface area (Å²) in [6.07, 6.45) is 1.13. The lowest BCUT2D eigenvalue weighted by Crippen LogP contribution is -2.38. The molecule has 0 bridgehead atoms. The standard InChI is InChI=1S/C23H27N5O2/c29-22(24-12-7-13-27-14-16-30-17-15-27)18-21-23(19-8-3-1-4-9-19)28(26-25-21)20-10-5-2-6-11-20/h1-6,8-11H,7,12-18H2,(H,24,29). The molecule has 30 heavy (non-hydrogen) atoms. The number of rotatable bonds is 8. The maximum absolute atomic E-state index is 12.6. The van der Waals surface area contributed by atoms with Crippen LogP contribution < -0.4 is 5.32 Å².